The molecule has 0 spiro atoms. The zero-order valence-electron chi connectivity index (χ0n) is 11.4. The topological polar surface area (TPSA) is 83.1 Å². The molecule has 0 fully saturated rings. The van der Waals surface area contributed by atoms with Crippen LogP contribution in [0.2, 0.25) is 0 Å². The molecule has 6 nitrogen and oxygen atoms in total. The number of nitriles is 1. The molecule has 21 heavy (non-hydrogen) atoms. The monoisotopic (exact) mass is 297 g/mol. The van der Waals surface area contributed by atoms with E-state index in [2.05, 4.69) is 21.5 Å². The first-order chi connectivity index (χ1) is 10.1. The molecule has 1 N–H and O–H groups in total. The average Bonchev–Trinajstić information content (AvgIpc) is 2.94. The Hall–Kier alpha value is -2.72. The molecule has 1 amide bonds. The lowest BCUT2D eigenvalue weighted by Gasteiger charge is -2.03. The zero-order chi connectivity index (χ0) is 15.0. The fraction of sp³-hybridized carbons (Fsp3) is 0.143. The van der Waals surface area contributed by atoms with E-state index in [1.54, 1.807) is 16.6 Å². The van der Waals surface area contributed by atoms with Crippen molar-refractivity contribution in [3.63, 3.8) is 0 Å². The number of nitrogens with one attached hydrogen (secondary N) is 1. The number of rotatable bonds is 2. The summed E-state index contributed by atoms with van der Waals surface area (Å²) < 4.78 is 1.57. The predicted octanol–water partition coefficient (Wildman–Crippen LogP) is 2.60. The number of aromatic nitrogens is 3. The van der Waals surface area contributed by atoms with Gasteiger partial charge in [-0.15, -0.1) is 0 Å². The Morgan fingerprint density at radius 1 is 1.38 bits per heavy atom. The number of benzene rings is 1. The molecular weight excluding hydrogens is 286 g/mol. The lowest BCUT2D eigenvalue weighted by atomic mass is 10.1. The lowest BCUT2D eigenvalue weighted by molar-refractivity contribution is -0.114. The van der Waals surface area contributed by atoms with Crippen molar-refractivity contribution in [1.82, 2.24) is 14.6 Å². The summed E-state index contributed by atoms with van der Waals surface area (Å²) in [4.78, 5) is 16.2. The van der Waals surface area contributed by atoms with Gasteiger partial charge in [-0.3, -0.25) is 4.79 Å². The van der Waals surface area contributed by atoms with Gasteiger partial charge in [-0.2, -0.15) is 14.9 Å². The standard InChI is InChI=1S/C14H11N5OS/c1-8(20)16-11-5-3-10(4-6-11)13-12(7-15)19-14(17-13)21-9(2)18-19/h3-6H,1-2H3,(H,16,20). The van der Waals surface area contributed by atoms with Crippen LogP contribution in [-0.2, 0) is 4.79 Å². The molecule has 0 aliphatic rings. The molecule has 2 heterocycles. The van der Waals surface area contributed by atoms with Crippen molar-refractivity contribution in [2.24, 2.45) is 0 Å². The van der Waals surface area contributed by atoms with E-state index in [9.17, 15) is 10.1 Å². The van der Waals surface area contributed by atoms with E-state index in [4.69, 9.17) is 0 Å². The number of hydrogen-bond acceptors (Lipinski definition) is 5. The largest absolute Gasteiger partial charge is 0.326 e. The van der Waals surface area contributed by atoms with Crippen molar-refractivity contribution >= 4 is 27.9 Å². The fourth-order valence-electron chi connectivity index (χ4n) is 2.06. The third-order valence-corrected chi connectivity index (χ3v) is 3.71. The maximum absolute atomic E-state index is 11.0. The van der Waals surface area contributed by atoms with Crippen molar-refractivity contribution < 1.29 is 4.79 Å². The van der Waals surface area contributed by atoms with Gasteiger partial charge in [-0.1, -0.05) is 23.5 Å². The minimum atomic E-state index is -0.123. The van der Waals surface area contributed by atoms with E-state index < -0.39 is 0 Å². The molecule has 0 radical (unpaired) electrons. The van der Waals surface area contributed by atoms with E-state index >= 15 is 0 Å². The third kappa shape index (κ3) is 2.37. The minimum Gasteiger partial charge on any atom is -0.326 e. The zero-order valence-corrected chi connectivity index (χ0v) is 12.2. The normalized spacial score (nSPS) is 10.5. The molecule has 0 atom stereocenters. The second-order valence-corrected chi connectivity index (χ2v) is 5.65. The summed E-state index contributed by atoms with van der Waals surface area (Å²) in [6.07, 6.45) is 0. The van der Waals surface area contributed by atoms with Gasteiger partial charge in [0.25, 0.3) is 0 Å². The van der Waals surface area contributed by atoms with Crippen molar-refractivity contribution in [1.29, 1.82) is 5.26 Å². The highest BCUT2D eigenvalue weighted by Crippen LogP contribution is 2.27. The van der Waals surface area contributed by atoms with Crippen LogP contribution in [0.25, 0.3) is 16.2 Å². The van der Waals surface area contributed by atoms with Gasteiger partial charge in [0.15, 0.2) is 5.69 Å². The Kier molecular flexibility index (Phi) is 3.16. The van der Waals surface area contributed by atoms with E-state index in [-0.39, 0.29) is 5.91 Å². The molecule has 2 aromatic heterocycles. The summed E-state index contributed by atoms with van der Waals surface area (Å²) in [6.45, 7) is 3.33. The molecule has 0 bridgehead atoms. The van der Waals surface area contributed by atoms with E-state index in [0.717, 1.165) is 10.6 Å². The maximum atomic E-state index is 11.0. The molecule has 0 unspecified atom stereocenters. The smallest absolute Gasteiger partial charge is 0.221 e. The molecule has 3 rings (SSSR count). The van der Waals surface area contributed by atoms with Crippen molar-refractivity contribution in [2.45, 2.75) is 13.8 Å². The quantitative estimate of drug-likeness (QED) is 0.788. The van der Waals surface area contributed by atoms with Gasteiger partial charge < -0.3 is 5.32 Å². The Morgan fingerprint density at radius 3 is 2.71 bits per heavy atom. The van der Waals surface area contributed by atoms with Gasteiger partial charge in [-0.05, 0) is 19.1 Å². The van der Waals surface area contributed by atoms with Crippen LogP contribution >= 0.6 is 11.3 Å². The van der Waals surface area contributed by atoms with Crippen LogP contribution in [0.4, 0.5) is 5.69 Å². The Bertz CT molecular complexity index is 869. The van der Waals surface area contributed by atoms with Crippen LogP contribution in [0, 0.1) is 18.3 Å². The Labute approximate surface area is 124 Å². The van der Waals surface area contributed by atoms with Crippen molar-refractivity contribution in [3.8, 4) is 17.3 Å². The summed E-state index contributed by atoms with van der Waals surface area (Å²) in [5.74, 6) is -0.123. The van der Waals surface area contributed by atoms with E-state index in [1.165, 1.54) is 18.3 Å². The van der Waals surface area contributed by atoms with Gasteiger partial charge in [0.1, 0.15) is 16.8 Å². The number of imidazole rings is 1. The SMILES string of the molecule is CC(=O)Nc1ccc(-c2nc3sc(C)nn3c2C#N)cc1. The van der Waals surface area contributed by atoms with Crippen LogP contribution in [0.5, 0.6) is 0 Å². The second kappa shape index (κ2) is 5.00. The van der Waals surface area contributed by atoms with Crippen LogP contribution < -0.4 is 5.32 Å². The van der Waals surface area contributed by atoms with Gasteiger partial charge in [-0.25, -0.2) is 4.98 Å². The molecular formula is C14H11N5OS. The minimum absolute atomic E-state index is 0.123. The third-order valence-electron chi connectivity index (χ3n) is 2.89. The first-order valence-electron chi connectivity index (χ1n) is 6.23. The second-order valence-electron chi connectivity index (χ2n) is 4.49. The van der Waals surface area contributed by atoms with Gasteiger partial charge >= 0.3 is 0 Å². The number of anilines is 1. The summed E-state index contributed by atoms with van der Waals surface area (Å²) in [7, 11) is 0. The molecule has 3 aromatic rings. The summed E-state index contributed by atoms with van der Waals surface area (Å²) in [5, 5.41) is 17.2. The van der Waals surface area contributed by atoms with Crippen molar-refractivity contribution in [2.75, 3.05) is 5.32 Å². The van der Waals surface area contributed by atoms with Gasteiger partial charge in [0.2, 0.25) is 10.9 Å². The number of carbonyl (C=O) groups excluding carboxylic acids is 1. The molecule has 0 aliphatic carbocycles. The van der Waals surface area contributed by atoms with E-state index in [1.807, 2.05) is 19.1 Å². The van der Waals surface area contributed by atoms with Gasteiger partial charge in [0, 0.05) is 18.2 Å². The van der Waals surface area contributed by atoms with E-state index in [0.29, 0.717) is 22.0 Å². The summed E-state index contributed by atoms with van der Waals surface area (Å²) in [5.41, 5.74) is 2.54. The van der Waals surface area contributed by atoms with Crippen molar-refractivity contribution in [3.05, 3.63) is 35.0 Å². The number of nitrogens with zero attached hydrogens (tertiary/aromatic N) is 4. The van der Waals surface area contributed by atoms with Gasteiger partial charge in [0.05, 0.1) is 0 Å². The molecule has 1 aromatic carbocycles. The predicted molar refractivity (Wildman–Crippen MR) is 80.1 cm³/mol. The first kappa shape index (κ1) is 13.3. The molecule has 0 saturated carbocycles. The molecule has 0 aliphatic heterocycles. The first-order valence-corrected chi connectivity index (χ1v) is 7.04. The Balaban J connectivity index is 2.06. The number of fused-ring (bicyclic) bond motifs is 1. The number of hydrogen-bond donors (Lipinski definition) is 1. The number of aryl methyl sites for hydroxylation is 1. The molecule has 7 heteroatoms. The van der Waals surface area contributed by atoms with Crippen LogP contribution in [-0.4, -0.2) is 20.5 Å². The molecule has 104 valence electrons. The lowest BCUT2D eigenvalue weighted by Crippen LogP contribution is -2.05. The van der Waals surface area contributed by atoms with Crippen LogP contribution in [0.15, 0.2) is 24.3 Å². The highest BCUT2D eigenvalue weighted by Gasteiger charge is 2.16. The van der Waals surface area contributed by atoms with Crippen LogP contribution in [0.3, 0.4) is 0 Å². The fourth-order valence-corrected chi connectivity index (χ4v) is 2.80. The highest BCUT2D eigenvalue weighted by atomic mass is 32.1. The van der Waals surface area contributed by atoms with Crippen LogP contribution in [0.1, 0.15) is 17.6 Å². The Morgan fingerprint density at radius 2 is 2.10 bits per heavy atom. The summed E-state index contributed by atoms with van der Waals surface area (Å²) in [6, 6.07) is 9.37. The maximum Gasteiger partial charge on any atom is 0.221 e. The molecule has 0 saturated heterocycles. The average molecular weight is 297 g/mol. The highest BCUT2D eigenvalue weighted by molar-refractivity contribution is 7.16. The summed E-state index contributed by atoms with van der Waals surface area (Å²) >= 11 is 1.44. The number of amides is 1. The number of carbonyl (C=O) groups is 1.